The van der Waals surface area contributed by atoms with Gasteiger partial charge in [-0.05, 0) is 35.9 Å². The number of methoxy groups -OCH3 is 1. The van der Waals surface area contributed by atoms with Gasteiger partial charge in [-0.1, -0.05) is 5.10 Å². The van der Waals surface area contributed by atoms with Gasteiger partial charge in [0.2, 0.25) is 11.8 Å². The average Bonchev–Trinajstić information content (AvgIpc) is 3.13. The van der Waals surface area contributed by atoms with E-state index in [1.807, 2.05) is 24.3 Å². The highest BCUT2D eigenvalue weighted by molar-refractivity contribution is 7.80. The quantitative estimate of drug-likeness (QED) is 0.875. The Labute approximate surface area is 127 Å². The molecule has 1 aliphatic rings. The highest BCUT2D eigenvalue weighted by atomic mass is 32.1. The van der Waals surface area contributed by atoms with Gasteiger partial charge < -0.3 is 9.15 Å². The number of ether oxygens (including phenoxy) is 1. The first kappa shape index (κ1) is 13.9. The first-order valence-electron chi connectivity index (χ1n) is 6.60. The van der Waals surface area contributed by atoms with Crippen molar-refractivity contribution >= 4 is 24.6 Å². The van der Waals surface area contributed by atoms with Crippen LogP contribution in [0.3, 0.4) is 0 Å². The van der Waals surface area contributed by atoms with E-state index in [0.717, 1.165) is 11.3 Å². The van der Waals surface area contributed by atoms with Crippen molar-refractivity contribution in [3.63, 3.8) is 0 Å². The molecule has 1 aromatic heterocycles. The number of carbonyl (C=O) groups is 1. The van der Waals surface area contributed by atoms with Crippen LogP contribution < -0.4 is 9.64 Å². The third-order valence-corrected chi connectivity index (χ3v) is 3.96. The zero-order chi connectivity index (χ0) is 14.8. The lowest BCUT2D eigenvalue weighted by Gasteiger charge is -2.09. The number of rotatable bonds is 4. The number of hydrogen-bond acceptors (Lipinski definition) is 6. The van der Waals surface area contributed by atoms with Crippen LogP contribution in [0.1, 0.15) is 6.42 Å². The zero-order valence-corrected chi connectivity index (χ0v) is 12.4. The SMILES string of the molecule is COc1ccc(-c2nnc(N3CC(CS)CC3=O)o2)cc1. The Bertz CT molecular complexity index is 641. The summed E-state index contributed by atoms with van der Waals surface area (Å²) in [6.07, 6.45) is 0.476. The molecule has 1 fully saturated rings. The number of aromatic nitrogens is 2. The maximum Gasteiger partial charge on any atom is 0.325 e. The minimum Gasteiger partial charge on any atom is -0.497 e. The van der Waals surface area contributed by atoms with E-state index in [1.165, 1.54) is 4.90 Å². The Balaban J connectivity index is 1.81. The van der Waals surface area contributed by atoms with Gasteiger partial charge in [0.25, 0.3) is 0 Å². The maximum absolute atomic E-state index is 11.9. The monoisotopic (exact) mass is 305 g/mol. The summed E-state index contributed by atoms with van der Waals surface area (Å²) in [5.74, 6) is 2.04. The summed E-state index contributed by atoms with van der Waals surface area (Å²) in [5, 5.41) is 7.97. The van der Waals surface area contributed by atoms with Gasteiger partial charge in [0.15, 0.2) is 0 Å². The van der Waals surface area contributed by atoms with Crippen LogP contribution in [0.2, 0.25) is 0 Å². The molecule has 2 heterocycles. The summed E-state index contributed by atoms with van der Waals surface area (Å²) in [5.41, 5.74) is 0.784. The molecule has 0 N–H and O–H groups in total. The van der Waals surface area contributed by atoms with Gasteiger partial charge in [0.05, 0.1) is 7.11 Å². The molecule has 0 bridgehead atoms. The van der Waals surface area contributed by atoms with Crippen molar-refractivity contribution < 1.29 is 13.9 Å². The van der Waals surface area contributed by atoms with Crippen LogP contribution in [0.5, 0.6) is 5.75 Å². The van der Waals surface area contributed by atoms with E-state index < -0.39 is 0 Å². The molecule has 0 aliphatic carbocycles. The third-order valence-electron chi connectivity index (χ3n) is 3.45. The molecule has 1 aromatic carbocycles. The van der Waals surface area contributed by atoms with Gasteiger partial charge in [-0.2, -0.15) is 12.6 Å². The van der Waals surface area contributed by atoms with Gasteiger partial charge in [-0.3, -0.25) is 9.69 Å². The molecule has 0 saturated carbocycles. The third kappa shape index (κ3) is 2.73. The van der Waals surface area contributed by atoms with Gasteiger partial charge in [0.1, 0.15) is 5.75 Å². The molecular weight excluding hydrogens is 290 g/mol. The Kier molecular flexibility index (Phi) is 3.83. The molecule has 1 amide bonds. The molecule has 2 aromatic rings. The minimum atomic E-state index is -0.000944. The first-order valence-corrected chi connectivity index (χ1v) is 7.23. The average molecular weight is 305 g/mol. The van der Waals surface area contributed by atoms with Crippen molar-refractivity contribution in [2.75, 3.05) is 24.3 Å². The zero-order valence-electron chi connectivity index (χ0n) is 11.5. The predicted octanol–water partition coefficient (Wildman–Crippen LogP) is 2.03. The van der Waals surface area contributed by atoms with Crippen molar-refractivity contribution in [3.05, 3.63) is 24.3 Å². The second kappa shape index (κ2) is 5.77. The summed E-state index contributed by atoms with van der Waals surface area (Å²) < 4.78 is 10.7. The van der Waals surface area contributed by atoms with Crippen molar-refractivity contribution in [2.45, 2.75) is 6.42 Å². The van der Waals surface area contributed by atoms with Crippen molar-refractivity contribution in [2.24, 2.45) is 5.92 Å². The largest absolute Gasteiger partial charge is 0.497 e. The lowest BCUT2D eigenvalue weighted by atomic mass is 10.1. The van der Waals surface area contributed by atoms with E-state index >= 15 is 0 Å². The highest BCUT2D eigenvalue weighted by Gasteiger charge is 2.33. The molecule has 6 nitrogen and oxygen atoms in total. The molecule has 1 aliphatic heterocycles. The number of nitrogens with zero attached hydrogens (tertiary/aromatic N) is 3. The van der Waals surface area contributed by atoms with E-state index in [1.54, 1.807) is 7.11 Å². The van der Waals surface area contributed by atoms with Gasteiger partial charge in [-0.25, -0.2) is 0 Å². The molecule has 1 atom stereocenters. The summed E-state index contributed by atoms with van der Waals surface area (Å²) in [6, 6.07) is 7.54. The van der Waals surface area contributed by atoms with Crippen molar-refractivity contribution in [3.8, 4) is 17.2 Å². The summed E-state index contributed by atoms with van der Waals surface area (Å²) in [4.78, 5) is 13.4. The van der Waals surface area contributed by atoms with Crippen LogP contribution >= 0.6 is 12.6 Å². The summed E-state index contributed by atoms with van der Waals surface area (Å²) in [7, 11) is 1.61. The van der Waals surface area contributed by atoms with Gasteiger partial charge in [0, 0.05) is 18.5 Å². The van der Waals surface area contributed by atoms with Crippen LogP contribution in [0.4, 0.5) is 6.01 Å². The van der Waals surface area contributed by atoms with E-state index in [9.17, 15) is 4.79 Å². The fourth-order valence-corrected chi connectivity index (χ4v) is 2.51. The highest BCUT2D eigenvalue weighted by Crippen LogP contribution is 2.28. The maximum atomic E-state index is 11.9. The molecule has 0 spiro atoms. The topological polar surface area (TPSA) is 68.5 Å². The Morgan fingerprint density at radius 1 is 1.38 bits per heavy atom. The molecule has 7 heteroatoms. The Hall–Kier alpha value is -2.02. The number of hydrogen-bond donors (Lipinski definition) is 1. The lowest BCUT2D eigenvalue weighted by Crippen LogP contribution is -2.24. The smallest absolute Gasteiger partial charge is 0.325 e. The lowest BCUT2D eigenvalue weighted by molar-refractivity contribution is -0.117. The van der Waals surface area contributed by atoms with Crippen LogP contribution in [0, 0.1) is 5.92 Å². The summed E-state index contributed by atoms with van der Waals surface area (Å²) in [6.45, 7) is 0.576. The second-order valence-electron chi connectivity index (χ2n) is 4.88. The van der Waals surface area contributed by atoms with Crippen LogP contribution in [-0.4, -0.2) is 35.5 Å². The number of benzene rings is 1. The van der Waals surface area contributed by atoms with E-state index in [-0.39, 0.29) is 17.8 Å². The standard InChI is InChI=1S/C14H15N3O3S/c1-19-11-4-2-10(3-5-11)13-15-16-14(20-13)17-7-9(8-21)6-12(17)18/h2-5,9,21H,6-8H2,1H3. The normalized spacial score (nSPS) is 18.3. The van der Waals surface area contributed by atoms with E-state index in [0.29, 0.717) is 24.6 Å². The van der Waals surface area contributed by atoms with Crippen LogP contribution in [0.15, 0.2) is 28.7 Å². The Morgan fingerprint density at radius 2 is 2.14 bits per heavy atom. The van der Waals surface area contributed by atoms with Crippen molar-refractivity contribution in [1.82, 2.24) is 10.2 Å². The summed E-state index contributed by atoms with van der Waals surface area (Å²) >= 11 is 4.23. The fraction of sp³-hybridized carbons (Fsp3) is 0.357. The molecular formula is C14H15N3O3S. The Morgan fingerprint density at radius 3 is 2.76 bits per heavy atom. The molecule has 0 radical (unpaired) electrons. The number of thiol groups is 1. The molecule has 1 unspecified atom stereocenters. The number of anilines is 1. The van der Waals surface area contributed by atoms with E-state index in [4.69, 9.17) is 9.15 Å². The van der Waals surface area contributed by atoms with Crippen LogP contribution in [0.25, 0.3) is 11.5 Å². The first-order chi connectivity index (χ1) is 10.2. The van der Waals surface area contributed by atoms with Crippen molar-refractivity contribution in [1.29, 1.82) is 0 Å². The van der Waals surface area contributed by atoms with E-state index in [2.05, 4.69) is 22.8 Å². The molecule has 21 heavy (non-hydrogen) atoms. The minimum absolute atomic E-state index is 0.000944. The second-order valence-corrected chi connectivity index (χ2v) is 5.24. The number of amides is 1. The van der Waals surface area contributed by atoms with Gasteiger partial charge >= 0.3 is 6.01 Å². The van der Waals surface area contributed by atoms with Crippen LogP contribution in [-0.2, 0) is 4.79 Å². The number of carbonyl (C=O) groups excluding carboxylic acids is 1. The van der Waals surface area contributed by atoms with Gasteiger partial charge in [-0.15, -0.1) is 5.10 Å². The predicted molar refractivity (Wildman–Crippen MR) is 80.6 cm³/mol. The molecule has 1 saturated heterocycles. The molecule has 3 rings (SSSR count). The fourth-order valence-electron chi connectivity index (χ4n) is 2.26. The molecule has 110 valence electrons.